The molecule has 2 amide bonds. The van der Waals surface area contributed by atoms with Crippen LogP contribution in [0.2, 0.25) is 0 Å². The van der Waals surface area contributed by atoms with Gasteiger partial charge in [0.2, 0.25) is 0 Å². The van der Waals surface area contributed by atoms with Gasteiger partial charge in [0.1, 0.15) is 5.82 Å². The van der Waals surface area contributed by atoms with E-state index in [0.717, 1.165) is 29.1 Å². The number of hydrogen-bond acceptors (Lipinski definition) is 4. The highest BCUT2D eigenvalue weighted by molar-refractivity contribution is 7.10. The monoisotopic (exact) mass is 382 g/mol. The number of piperidine rings is 1. The summed E-state index contributed by atoms with van der Waals surface area (Å²) in [5.74, 6) is 0.0785. The Morgan fingerprint density at radius 3 is 2.81 bits per heavy atom. The van der Waals surface area contributed by atoms with E-state index in [2.05, 4.69) is 10.3 Å². The Balaban J connectivity index is 1.36. The normalized spacial score (nSPS) is 14.9. The fourth-order valence-corrected chi connectivity index (χ4v) is 4.22. The Bertz CT molecular complexity index is 922. The minimum Gasteiger partial charge on any atom is -0.324 e. The van der Waals surface area contributed by atoms with Crippen molar-refractivity contribution >= 4 is 23.1 Å². The first-order valence-electron chi connectivity index (χ1n) is 8.86. The minimum absolute atomic E-state index is 0.0963. The number of urea groups is 1. The van der Waals surface area contributed by atoms with E-state index in [1.54, 1.807) is 35.9 Å². The molecular formula is C20H19FN4OS. The lowest BCUT2D eigenvalue weighted by atomic mass is 9.98. The second kappa shape index (κ2) is 7.84. The third-order valence-corrected chi connectivity index (χ3v) is 5.69. The van der Waals surface area contributed by atoms with E-state index in [1.165, 1.54) is 12.1 Å². The molecule has 1 aromatic carbocycles. The van der Waals surface area contributed by atoms with Crippen molar-refractivity contribution < 1.29 is 9.18 Å². The summed E-state index contributed by atoms with van der Waals surface area (Å²) in [6.45, 7) is 1.37. The van der Waals surface area contributed by atoms with Gasteiger partial charge in [-0.05, 0) is 37.1 Å². The van der Waals surface area contributed by atoms with Crippen LogP contribution >= 0.6 is 11.3 Å². The van der Waals surface area contributed by atoms with Crippen LogP contribution in [0, 0.1) is 5.82 Å². The van der Waals surface area contributed by atoms with Gasteiger partial charge < -0.3 is 10.2 Å². The van der Waals surface area contributed by atoms with Gasteiger partial charge in [-0.1, -0.05) is 12.1 Å². The van der Waals surface area contributed by atoms with Gasteiger partial charge in [-0.3, -0.25) is 4.98 Å². The number of hydrogen-bond donors (Lipinski definition) is 1. The Hall–Kier alpha value is -2.80. The summed E-state index contributed by atoms with van der Waals surface area (Å²) in [6, 6.07) is 10.0. The molecule has 3 heterocycles. The van der Waals surface area contributed by atoms with Crippen LogP contribution in [0.3, 0.4) is 0 Å². The van der Waals surface area contributed by atoms with Crippen molar-refractivity contribution in [3.8, 4) is 11.3 Å². The number of halogens is 1. The van der Waals surface area contributed by atoms with Gasteiger partial charge in [0.15, 0.2) is 0 Å². The molecular weight excluding hydrogens is 363 g/mol. The molecule has 1 aliphatic heterocycles. The molecule has 3 aromatic rings. The van der Waals surface area contributed by atoms with Crippen LogP contribution in [-0.2, 0) is 0 Å². The first kappa shape index (κ1) is 17.6. The van der Waals surface area contributed by atoms with Crippen molar-refractivity contribution in [1.82, 2.24) is 14.9 Å². The number of rotatable bonds is 3. The molecule has 1 fully saturated rings. The van der Waals surface area contributed by atoms with E-state index >= 15 is 0 Å². The lowest BCUT2D eigenvalue weighted by molar-refractivity contribution is 0.194. The number of likely N-dealkylation sites (tertiary alicyclic amines) is 1. The molecule has 0 saturated carbocycles. The molecule has 4 rings (SSSR count). The molecule has 0 spiro atoms. The second-order valence-corrected chi connectivity index (χ2v) is 7.40. The molecule has 0 bridgehead atoms. The van der Waals surface area contributed by atoms with Gasteiger partial charge in [0, 0.05) is 36.1 Å². The number of carbonyl (C=O) groups excluding carboxylic acids is 1. The van der Waals surface area contributed by atoms with Crippen LogP contribution in [0.15, 0.2) is 54.2 Å². The predicted octanol–water partition coefficient (Wildman–Crippen LogP) is 4.76. The number of nitrogens with zero attached hydrogens (tertiary/aromatic N) is 3. The van der Waals surface area contributed by atoms with Crippen LogP contribution in [-0.4, -0.2) is 34.0 Å². The Labute approximate surface area is 160 Å². The summed E-state index contributed by atoms with van der Waals surface area (Å²) in [4.78, 5) is 22.9. The molecule has 7 heteroatoms. The fourth-order valence-electron chi connectivity index (χ4n) is 3.22. The van der Waals surface area contributed by atoms with E-state index in [4.69, 9.17) is 4.98 Å². The number of aromatic nitrogens is 2. The molecule has 5 nitrogen and oxygen atoms in total. The Kier molecular flexibility index (Phi) is 5.11. The maximum absolute atomic E-state index is 13.4. The number of amides is 2. The van der Waals surface area contributed by atoms with Crippen LogP contribution in [0.1, 0.15) is 23.8 Å². The number of nitrogens with one attached hydrogen (secondary N) is 1. The van der Waals surface area contributed by atoms with Crippen molar-refractivity contribution in [2.24, 2.45) is 0 Å². The van der Waals surface area contributed by atoms with Crippen LogP contribution in [0.5, 0.6) is 0 Å². The van der Waals surface area contributed by atoms with Crippen LogP contribution < -0.4 is 5.32 Å². The summed E-state index contributed by atoms with van der Waals surface area (Å²) in [5, 5.41) is 5.91. The van der Waals surface area contributed by atoms with Crippen molar-refractivity contribution in [3.63, 3.8) is 0 Å². The Morgan fingerprint density at radius 1 is 1.22 bits per heavy atom. The molecule has 1 aliphatic rings. The summed E-state index contributed by atoms with van der Waals surface area (Å²) in [6.07, 6.45) is 5.05. The molecule has 0 aliphatic carbocycles. The van der Waals surface area contributed by atoms with Gasteiger partial charge in [-0.2, -0.15) is 0 Å². The standard InChI is InChI=1S/C20H19FN4OS/c21-16-4-1-3-15(11-16)18-13-27-19(24-18)14-6-9-25(10-7-14)20(26)23-17-5-2-8-22-12-17/h1-5,8,11-14H,6-7,9-10H2,(H,23,26). The topological polar surface area (TPSA) is 58.1 Å². The summed E-state index contributed by atoms with van der Waals surface area (Å²) >= 11 is 1.61. The zero-order chi connectivity index (χ0) is 18.6. The van der Waals surface area contributed by atoms with E-state index in [-0.39, 0.29) is 11.8 Å². The molecule has 0 atom stereocenters. The van der Waals surface area contributed by atoms with Crippen molar-refractivity contribution in [1.29, 1.82) is 0 Å². The van der Waals surface area contributed by atoms with E-state index in [9.17, 15) is 9.18 Å². The zero-order valence-corrected chi connectivity index (χ0v) is 15.5. The van der Waals surface area contributed by atoms with Gasteiger partial charge in [0.25, 0.3) is 0 Å². The van der Waals surface area contributed by atoms with Crippen molar-refractivity contribution in [3.05, 3.63) is 65.0 Å². The average Bonchev–Trinajstić information content (AvgIpc) is 3.19. The lowest BCUT2D eigenvalue weighted by Gasteiger charge is -2.31. The first-order chi connectivity index (χ1) is 13.2. The quantitative estimate of drug-likeness (QED) is 0.711. The van der Waals surface area contributed by atoms with Gasteiger partial charge in [-0.15, -0.1) is 11.3 Å². The number of pyridine rings is 1. The lowest BCUT2D eigenvalue weighted by Crippen LogP contribution is -2.40. The maximum Gasteiger partial charge on any atom is 0.321 e. The third-order valence-electron chi connectivity index (χ3n) is 4.69. The average molecular weight is 382 g/mol. The number of benzene rings is 1. The summed E-state index contributed by atoms with van der Waals surface area (Å²) in [7, 11) is 0. The predicted molar refractivity (Wildman–Crippen MR) is 104 cm³/mol. The second-order valence-electron chi connectivity index (χ2n) is 6.51. The number of thiazole rings is 1. The smallest absolute Gasteiger partial charge is 0.321 e. The molecule has 1 N–H and O–H groups in total. The van der Waals surface area contributed by atoms with E-state index in [1.807, 2.05) is 22.4 Å². The SMILES string of the molecule is O=C(Nc1cccnc1)N1CCC(c2nc(-c3cccc(F)c3)cs2)CC1. The van der Waals surface area contributed by atoms with Crippen molar-refractivity contribution in [2.45, 2.75) is 18.8 Å². The van der Waals surface area contributed by atoms with Gasteiger partial charge >= 0.3 is 6.03 Å². The molecule has 2 aromatic heterocycles. The highest BCUT2D eigenvalue weighted by Crippen LogP contribution is 2.33. The van der Waals surface area contributed by atoms with Gasteiger partial charge in [-0.25, -0.2) is 14.2 Å². The van der Waals surface area contributed by atoms with E-state index < -0.39 is 0 Å². The molecule has 138 valence electrons. The molecule has 0 unspecified atom stereocenters. The maximum atomic E-state index is 13.4. The fraction of sp³-hybridized carbons (Fsp3) is 0.250. The summed E-state index contributed by atoms with van der Waals surface area (Å²) < 4.78 is 13.4. The van der Waals surface area contributed by atoms with Crippen LogP contribution in [0.25, 0.3) is 11.3 Å². The van der Waals surface area contributed by atoms with Crippen molar-refractivity contribution in [2.75, 3.05) is 18.4 Å². The highest BCUT2D eigenvalue weighted by Gasteiger charge is 2.26. The molecule has 0 radical (unpaired) electrons. The molecule has 1 saturated heterocycles. The zero-order valence-electron chi connectivity index (χ0n) is 14.6. The number of anilines is 1. The van der Waals surface area contributed by atoms with Crippen LogP contribution in [0.4, 0.5) is 14.9 Å². The largest absolute Gasteiger partial charge is 0.324 e. The van der Waals surface area contributed by atoms with E-state index in [0.29, 0.717) is 24.7 Å². The third kappa shape index (κ3) is 4.14. The first-order valence-corrected chi connectivity index (χ1v) is 9.74. The number of carbonyl (C=O) groups is 1. The summed E-state index contributed by atoms with van der Waals surface area (Å²) in [5.41, 5.74) is 2.31. The highest BCUT2D eigenvalue weighted by atomic mass is 32.1. The molecule has 27 heavy (non-hydrogen) atoms. The Morgan fingerprint density at radius 2 is 2.07 bits per heavy atom. The minimum atomic E-state index is -0.255. The van der Waals surface area contributed by atoms with Gasteiger partial charge in [0.05, 0.1) is 22.6 Å².